The molecule has 2 aromatic carbocycles. The third kappa shape index (κ3) is 6.77. The smallest absolute Gasteiger partial charge is 0.161 e. The normalized spacial score (nSPS) is 10.7. The molecular weight excluding hydrogens is 312 g/mol. The molecule has 2 aromatic rings. The van der Waals surface area contributed by atoms with Gasteiger partial charge in [-0.1, -0.05) is 35.9 Å². The van der Waals surface area contributed by atoms with E-state index in [1.807, 2.05) is 20.0 Å². The predicted molar refractivity (Wildman–Crippen MR) is 103 cm³/mol. The van der Waals surface area contributed by atoms with Gasteiger partial charge in [0.15, 0.2) is 11.5 Å². The Morgan fingerprint density at radius 2 is 1.64 bits per heavy atom. The lowest BCUT2D eigenvalue weighted by Gasteiger charge is -2.14. The molecular formula is C21H30N2O2. The Hall–Kier alpha value is -2.04. The van der Waals surface area contributed by atoms with Crippen molar-refractivity contribution in [1.82, 2.24) is 10.6 Å². The standard InChI is InChI=1S/C21H30N2O2/c1-4-24-21-14-19(15-23-13-5-12-22-3)10-11-20(21)25-16-18-8-6-17(2)7-9-18/h6-11,14,22-23H,4-5,12-13,15-16H2,1-3H3. The molecule has 0 fully saturated rings. The Balaban J connectivity index is 1.93. The van der Waals surface area contributed by atoms with E-state index in [2.05, 4.69) is 54.0 Å². The van der Waals surface area contributed by atoms with Gasteiger partial charge >= 0.3 is 0 Å². The second-order valence-corrected chi connectivity index (χ2v) is 6.12. The van der Waals surface area contributed by atoms with Gasteiger partial charge in [0.2, 0.25) is 0 Å². The lowest BCUT2D eigenvalue weighted by Crippen LogP contribution is -2.19. The van der Waals surface area contributed by atoms with Crippen molar-refractivity contribution >= 4 is 0 Å². The summed E-state index contributed by atoms with van der Waals surface area (Å²) in [5.74, 6) is 1.60. The predicted octanol–water partition coefficient (Wildman–Crippen LogP) is 3.67. The Morgan fingerprint density at radius 1 is 0.880 bits per heavy atom. The van der Waals surface area contributed by atoms with Crippen molar-refractivity contribution in [3.63, 3.8) is 0 Å². The second kappa shape index (κ2) is 10.7. The molecule has 2 N–H and O–H groups in total. The van der Waals surface area contributed by atoms with Crippen LogP contribution in [0.4, 0.5) is 0 Å². The number of nitrogens with one attached hydrogen (secondary N) is 2. The average molecular weight is 342 g/mol. The lowest BCUT2D eigenvalue weighted by molar-refractivity contribution is 0.269. The summed E-state index contributed by atoms with van der Waals surface area (Å²) in [7, 11) is 1.98. The van der Waals surface area contributed by atoms with E-state index in [0.29, 0.717) is 13.2 Å². The molecule has 4 heteroatoms. The third-order valence-corrected chi connectivity index (χ3v) is 3.93. The van der Waals surface area contributed by atoms with E-state index in [1.165, 1.54) is 11.1 Å². The van der Waals surface area contributed by atoms with E-state index in [-0.39, 0.29) is 0 Å². The number of rotatable bonds is 11. The summed E-state index contributed by atoms with van der Waals surface area (Å²) >= 11 is 0. The molecule has 0 aliphatic rings. The van der Waals surface area contributed by atoms with Crippen LogP contribution in [0.3, 0.4) is 0 Å². The molecule has 0 bridgehead atoms. The van der Waals surface area contributed by atoms with Crippen LogP contribution in [0, 0.1) is 6.92 Å². The summed E-state index contributed by atoms with van der Waals surface area (Å²) in [5.41, 5.74) is 3.62. The van der Waals surface area contributed by atoms with Gasteiger partial charge in [-0.25, -0.2) is 0 Å². The van der Waals surface area contributed by atoms with Crippen LogP contribution in [0.2, 0.25) is 0 Å². The van der Waals surface area contributed by atoms with E-state index in [4.69, 9.17) is 9.47 Å². The topological polar surface area (TPSA) is 42.5 Å². The minimum Gasteiger partial charge on any atom is -0.490 e. The van der Waals surface area contributed by atoms with Crippen molar-refractivity contribution in [1.29, 1.82) is 0 Å². The number of hydrogen-bond donors (Lipinski definition) is 2. The summed E-state index contributed by atoms with van der Waals surface area (Å²) in [4.78, 5) is 0. The van der Waals surface area contributed by atoms with E-state index in [9.17, 15) is 0 Å². The van der Waals surface area contributed by atoms with E-state index in [1.54, 1.807) is 0 Å². The molecule has 0 saturated carbocycles. The third-order valence-electron chi connectivity index (χ3n) is 3.93. The molecule has 0 radical (unpaired) electrons. The molecule has 0 aliphatic carbocycles. The van der Waals surface area contributed by atoms with Crippen molar-refractivity contribution < 1.29 is 9.47 Å². The van der Waals surface area contributed by atoms with E-state index < -0.39 is 0 Å². The highest BCUT2D eigenvalue weighted by Gasteiger charge is 2.07. The molecule has 0 aromatic heterocycles. The Labute approximate surface area is 151 Å². The molecule has 136 valence electrons. The zero-order valence-corrected chi connectivity index (χ0v) is 15.6. The first-order valence-corrected chi connectivity index (χ1v) is 9.02. The number of hydrogen-bond acceptors (Lipinski definition) is 4. The van der Waals surface area contributed by atoms with Crippen molar-refractivity contribution in [3.8, 4) is 11.5 Å². The maximum absolute atomic E-state index is 5.97. The first kappa shape index (κ1) is 19.3. The lowest BCUT2D eigenvalue weighted by atomic mass is 10.1. The van der Waals surface area contributed by atoms with Gasteiger partial charge in [0, 0.05) is 6.54 Å². The Morgan fingerprint density at radius 3 is 2.36 bits per heavy atom. The monoisotopic (exact) mass is 342 g/mol. The fourth-order valence-electron chi connectivity index (χ4n) is 2.52. The van der Waals surface area contributed by atoms with E-state index >= 15 is 0 Å². The van der Waals surface area contributed by atoms with Gasteiger partial charge in [-0.15, -0.1) is 0 Å². The van der Waals surface area contributed by atoms with Crippen LogP contribution >= 0.6 is 0 Å². The van der Waals surface area contributed by atoms with Gasteiger partial charge in [-0.05, 0) is 63.7 Å². The summed E-state index contributed by atoms with van der Waals surface area (Å²) in [5, 5.41) is 6.61. The maximum Gasteiger partial charge on any atom is 0.161 e. The van der Waals surface area contributed by atoms with Crippen LogP contribution in [-0.4, -0.2) is 26.7 Å². The molecule has 25 heavy (non-hydrogen) atoms. The van der Waals surface area contributed by atoms with Crippen molar-refractivity contribution in [2.75, 3.05) is 26.7 Å². The average Bonchev–Trinajstić information content (AvgIpc) is 2.62. The van der Waals surface area contributed by atoms with E-state index in [0.717, 1.165) is 43.1 Å². The van der Waals surface area contributed by atoms with Gasteiger partial charge < -0.3 is 20.1 Å². The largest absolute Gasteiger partial charge is 0.490 e. The van der Waals surface area contributed by atoms with Crippen LogP contribution in [0.25, 0.3) is 0 Å². The minimum absolute atomic E-state index is 0.544. The van der Waals surface area contributed by atoms with Crippen LogP contribution in [0.5, 0.6) is 11.5 Å². The SMILES string of the molecule is CCOc1cc(CNCCCNC)ccc1OCc1ccc(C)cc1. The Bertz CT molecular complexity index is 626. The van der Waals surface area contributed by atoms with Crippen LogP contribution in [0.1, 0.15) is 30.0 Å². The van der Waals surface area contributed by atoms with Gasteiger partial charge in [0.1, 0.15) is 6.61 Å². The molecule has 0 saturated heterocycles. The highest BCUT2D eigenvalue weighted by molar-refractivity contribution is 5.43. The van der Waals surface area contributed by atoms with Crippen LogP contribution in [-0.2, 0) is 13.2 Å². The number of benzene rings is 2. The molecule has 0 unspecified atom stereocenters. The summed E-state index contributed by atoms with van der Waals surface area (Å²) in [6, 6.07) is 14.6. The first-order valence-electron chi connectivity index (χ1n) is 9.02. The molecule has 4 nitrogen and oxygen atoms in total. The number of ether oxygens (including phenoxy) is 2. The fourth-order valence-corrected chi connectivity index (χ4v) is 2.52. The maximum atomic E-state index is 5.97. The van der Waals surface area contributed by atoms with Crippen molar-refractivity contribution in [2.45, 2.75) is 33.4 Å². The highest BCUT2D eigenvalue weighted by atomic mass is 16.5. The molecule has 0 amide bonds. The summed E-state index contributed by atoms with van der Waals surface area (Å²) in [6.45, 7) is 8.11. The van der Waals surface area contributed by atoms with Gasteiger partial charge in [-0.2, -0.15) is 0 Å². The highest BCUT2D eigenvalue weighted by Crippen LogP contribution is 2.29. The van der Waals surface area contributed by atoms with Gasteiger partial charge in [0.05, 0.1) is 6.61 Å². The second-order valence-electron chi connectivity index (χ2n) is 6.12. The van der Waals surface area contributed by atoms with Crippen molar-refractivity contribution in [3.05, 3.63) is 59.2 Å². The van der Waals surface area contributed by atoms with Crippen LogP contribution in [0.15, 0.2) is 42.5 Å². The first-order chi connectivity index (χ1) is 12.2. The number of aryl methyl sites for hydroxylation is 1. The van der Waals surface area contributed by atoms with Crippen molar-refractivity contribution in [2.24, 2.45) is 0 Å². The molecule has 0 aliphatic heterocycles. The summed E-state index contributed by atoms with van der Waals surface area (Å²) < 4.78 is 11.7. The fraction of sp³-hybridized carbons (Fsp3) is 0.429. The van der Waals surface area contributed by atoms with Gasteiger partial charge in [-0.3, -0.25) is 0 Å². The minimum atomic E-state index is 0.544. The van der Waals surface area contributed by atoms with Crippen LogP contribution < -0.4 is 20.1 Å². The molecule has 2 rings (SSSR count). The summed E-state index contributed by atoms with van der Waals surface area (Å²) in [6.07, 6.45) is 1.12. The molecule has 0 heterocycles. The molecule has 0 atom stereocenters. The quantitative estimate of drug-likeness (QED) is 0.612. The van der Waals surface area contributed by atoms with Gasteiger partial charge in [0.25, 0.3) is 0 Å². The zero-order valence-electron chi connectivity index (χ0n) is 15.6. The zero-order chi connectivity index (χ0) is 17.9. The Kier molecular flexibility index (Phi) is 8.29. The molecule has 0 spiro atoms.